The summed E-state index contributed by atoms with van der Waals surface area (Å²) in [6.45, 7) is 3.05. The highest BCUT2D eigenvalue weighted by Gasteiger charge is 2.53. The van der Waals surface area contributed by atoms with Crippen molar-refractivity contribution in [3.05, 3.63) is 0 Å². The average Bonchev–Trinajstić information content (AvgIpc) is 2.37. The predicted octanol–water partition coefficient (Wildman–Crippen LogP) is -0.373. The van der Waals surface area contributed by atoms with Crippen molar-refractivity contribution >= 4 is 5.91 Å². The first-order valence-electron chi connectivity index (χ1n) is 3.82. The number of amides is 1. The third kappa shape index (κ3) is 0.515. The number of β-lactam (4-membered cyclic amide) rings is 1. The Kier molecular flexibility index (Phi) is 1.06. The van der Waals surface area contributed by atoms with Crippen LogP contribution < -0.4 is 10.6 Å². The van der Waals surface area contributed by atoms with Gasteiger partial charge in [-0.05, 0) is 26.3 Å². The van der Waals surface area contributed by atoms with E-state index in [2.05, 4.69) is 17.6 Å². The lowest BCUT2D eigenvalue weighted by atomic mass is 9.81. The molecule has 0 aromatic rings. The van der Waals surface area contributed by atoms with Gasteiger partial charge in [-0.2, -0.15) is 0 Å². The highest BCUT2D eigenvalue weighted by molar-refractivity contribution is 5.94. The van der Waals surface area contributed by atoms with Crippen molar-refractivity contribution in [2.75, 3.05) is 6.54 Å². The maximum atomic E-state index is 11.1. The largest absolute Gasteiger partial charge is 0.350 e. The molecule has 0 unspecified atom stereocenters. The Bertz CT molecular complexity index is 172. The Hall–Kier alpha value is -0.570. The van der Waals surface area contributed by atoms with Crippen LogP contribution in [-0.2, 0) is 4.79 Å². The van der Waals surface area contributed by atoms with Gasteiger partial charge in [-0.3, -0.25) is 4.79 Å². The third-order valence-electron chi connectivity index (χ3n) is 2.68. The number of carbonyl (C=O) groups is 1. The molecule has 2 heterocycles. The molecule has 2 aliphatic heterocycles. The Morgan fingerprint density at radius 3 is 2.80 bits per heavy atom. The van der Waals surface area contributed by atoms with Crippen LogP contribution in [0.15, 0.2) is 0 Å². The highest BCUT2D eigenvalue weighted by atomic mass is 16.2. The zero-order valence-electron chi connectivity index (χ0n) is 6.11. The number of rotatable bonds is 0. The Labute approximate surface area is 60.2 Å². The smallest absolute Gasteiger partial charge is 0.242 e. The normalized spacial score (nSPS) is 45.3. The molecule has 0 aromatic heterocycles. The monoisotopic (exact) mass is 140 g/mol. The van der Waals surface area contributed by atoms with Crippen LogP contribution in [0.2, 0.25) is 0 Å². The van der Waals surface area contributed by atoms with Crippen molar-refractivity contribution in [2.45, 2.75) is 31.3 Å². The van der Waals surface area contributed by atoms with Gasteiger partial charge in [-0.25, -0.2) is 0 Å². The van der Waals surface area contributed by atoms with E-state index in [4.69, 9.17) is 0 Å². The van der Waals surface area contributed by atoms with Gasteiger partial charge in [-0.15, -0.1) is 0 Å². The van der Waals surface area contributed by atoms with Crippen LogP contribution in [-0.4, -0.2) is 24.0 Å². The zero-order chi connectivity index (χ0) is 7.19. The van der Waals surface area contributed by atoms with Crippen LogP contribution in [0, 0.1) is 0 Å². The molecule has 0 radical (unpaired) electrons. The van der Waals surface area contributed by atoms with Crippen molar-refractivity contribution in [2.24, 2.45) is 0 Å². The fraction of sp³-hybridized carbons (Fsp3) is 0.857. The van der Waals surface area contributed by atoms with Crippen LogP contribution in [0.25, 0.3) is 0 Å². The first-order valence-corrected chi connectivity index (χ1v) is 3.82. The van der Waals surface area contributed by atoms with E-state index in [9.17, 15) is 4.79 Å². The lowest BCUT2D eigenvalue weighted by Gasteiger charge is -2.44. The zero-order valence-corrected chi connectivity index (χ0v) is 6.11. The quantitative estimate of drug-likeness (QED) is 0.451. The summed E-state index contributed by atoms with van der Waals surface area (Å²) < 4.78 is 0. The van der Waals surface area contributed by atoms with Gasteiger partial charge in [-0.1, -0.05) is 0 Å². The molecule has 0 aromatic carbocycles. The molecule has 2 saturated heterocycles. The molecule has 1 spiro atoms. The van der Waals surface area contributed by atoms with Crippen molar-refractivity contribution in [1.82, 2.24) is 10.6 Å². The summed E-state index contributed by atoms with van der Waals surface area (Å²) in [7, 11) is 0. The van der Waals surface area contributed by atoms with E-state index in [1.54, 1.807) is 0 Å². The average molecular weight is 140 g/mol. The fourth-order valence-corrected chi connectivity index (χ4v) is 1.90. The Balaban J connectivity index is 2.19. The van der Waals surface area contributed by atoms with E-state index in [0.29, 0.717) is 6.04 Å². The topological polar surface area (TPSA) is 41.1 Å². The molecule has 3 nitrogen and oxygen atoms in total. The van der Waals surface area contributed by atoms with E-state index in [-0.39, 0.29) is 11.4 Å². The maximum Gasteiger partial charge on any atom is 0.242 e. The molecule has 2 fully saturated rings. The number of carbonyl (C=O) groups excluding carboxylic acids is 1. The fourth-order valence-electron chi connectivity index (χ4n) is 1.90. The second-order valence-electron chi connectivity index (χ2n) is 3.20. The maximum absolute atomic E-state index is 11.1. The molecular weight excluding hydrogens is 128 g/mol. The van der Waals surface area contributed by atoms with Gasteiger partial charge in [0, 0.05) is 0 Å². The second kappa shape index (κ2) is 1.72. The molecule has 1 amide bonds. The van der Waals surface area contributed by atoms with E-state index in [1.165, 1.54) is 0 Å². The van der Waals surface area contributed by atoms with Crippen LogP contribution in [0.1, 0.15) is 19.8 Å². The molecule has 0 bridgehead atoms. The Morgan fingerprint density at radius 2 is 2.50 bits per heavy atom. The summed E-state index contributed by atoms with van der Waals surface area (Å²) >= 11 is 0. The first-order chi connectivity index (χ1) is 4.76. The van der Waals surface area contributed by atoms with Crippen LogP contribution >= 0.6 is 0 Å². The summed E-state index contributed by atoms with van der Waals surface area (Å²) in [5.74, 6) is 0.192. The van der Waals surface area contributed by atoms with E-state index < -0.39 is 0 Å². The molecule has 2 aliphatic rings. The van der Waals surface area contributed by atoms with Gasteiger partial charge in [0.25, 0.3) is 0 Å². The van der Waals surface area contributed by atoms with Gasteiger partial charge in [0.2, 0.25) is 5.91 Å². The van der Waals surface area contributed by atoms with Crippen molar-refractivity contribution in [3.8, 4) is 0 Å². The van der Waals surface area contributed by atoms with Gasteiger partial charge in [0.1, 0.15) is 5.54 Å². The van der Waals surface area contributed by atoms with E-state index in [1.807, 2.05) is 0 Å². The third-order valence-corrected chi connectivity index (χ3v) is 2.68. The lowest BCUT2D eigenvalue weighted by molar-refractivity contribution is -0.138. The van der Waals surface area contributed by atoms with Crippen molar-refractivity contribution in [3.63, 3.8) is 0 Å². The van der Waals surface area contributed by atoms with Crippen molar-refractivity contribution < 1.29 is 4.79 Å². The molecule has 2 rings (SSSR count). The van der Waals surface area contributed by atoms with E-state index >= 15 is 0 Å². The minimum absolute atomic E-state index is 0.167. The first kappa shape index (κ1) is 6.16. The van der Waals surface area contributed by atoms with Crippen LogP contribution in [0.4, 0.5) is 0 Å². The summed E-state index contributed by atoms with van der Waals surface area (Å²) in [6, 6.07) is 0.336. The molecule has 2 atom stereocenters. The Morgan fingerprint density at radius 1 is 1.70 bits per heavy atom. The number of nitrogens with one attached hydrogen (secondary N) is 2. The number of hydrogen-bond donors (Lipinski definition) is 2. The molecule has 0 aliphatic carbocycles. The summed E-state index contributed by atoms with van der Waals surface area (Å²) in [5.41, 5.74) is -0.167. The lowest BCUT2D eigenvalue weighted by Crippen LogP contribution is -2.75. The molecule has 3 heteroatoms. The van der Waals surface area contributed by atoms with Gasteiger partial charge >= 0.3 is 0 Å². The minimum atomic E-state index is -0.167. The summed E-state index contributed by atoms with van der Waals surface area (Å²) in [5, 5.41) is 6.09. The second-order valence-corrected chi connectivity index (χ2v) is 3.20. The van der Waals surface area contributed by atoms with Gasteiger partial charge in [0.05, 0.1) is 6.04 Å². The van der Waals surface area contributed by atoms with Crippen LogP contribution in [0.3, 0.4) is 0 Å². The van der Waals surface area contributed by atoms with E-state index in [0.717, 1.165) is 19.4 Å². The molecule has 2 N–H and O–H groups in total. The molecule has 56 valence electrons. The predicted molar refractivity (Wildman–Crippen MR) is 37.6 cm³/mol. The SMILES string of the molecule is C[C@H]1NC(=O)[C@@]12CCCN2. The number of hydrogen-bond acceptors (Lipinski definition) is 2. The van der Waals surface area contributed by atoms with Gasteiger partial charge < -0.3 is 10.6 Å². The minimum Gasteiger partial charge on any atom is -0.350 e. The molecule has 10 heavy (non-hydrogen) atoms. The highest BCUT2D eigenvalue weighted by Crippen LogP contribution is 2.29. The summed E-state index contributed by atoms with van der Waals surface area (Å²) in [6.07, 6.45) is 2.15. The van der Waals surface area contributed by atoms with Crippen LogP contribution in [0.5, 0.6) is 0 Å². The molecule has 0 saturated carbocycles. The van der Waals surface area contributed by atoms with Crippen molar-refractivity contribution in [1.29, 1.82) is 0 Å². The summed E-state index contributed by atoms with van der Waals surface area (Å²) in [4.78, 5) is 11.1. The standard InChI is InChI=1S/C7H12N2O/c1-5-7(6(10)9-5)3-2-4-8-7/h5,8H,2-4H2,1H3,(H,9,10)/t5-,7-/m1/s1. The van der Waals surface area contributed by atoms with Gasteiger partial charge in [0.15, 0.2) is 0 Å². The molecular formula is C7H12N2O.